The first-order valence-electron chi connectivity index (χ1n) is 5.77. The van der Waals surface area contributed by atoms with E-state index in [1.165, 1.54) is 5.57 Å². The molecular weight excluding hydrogens is 234 g/mol. The Morgan fingerprint density at radius 1 is 1.41 bits per heavy atom. The monoisotopic (exact) mass is 249 g/mol. The number of hydrogen-bond donors (Lipinski definition) is 0. The second-order valence-corrected chi connectivity index (χ2v) is 5.84. The van der Waals surface area contributed by atoms with Crippen molar-refractivity contribution in [2.24, 2.45) is 5.41 Å². The molecule has 0 unspecified atom stereocenters. The van der Waals surface area contributed by atoms with Gasteiger partial charge >= 0.3 is 0 Å². The van der Waals surface area contributed by atoms with Crippen LogP contribution in [0.5, 0.6) is 0 Å². The predicted molar refractivity (Wildman–Crippen MR) is 69.1 cm³/mol. The van der Waals surface area contributed by atoms with Crippen LogP contribution in [0, 0.1) is 5.41 Å². The maximum Gasteiger partial charge on any atom is 0.156 e. The van der Waals surface area contributed by atoms with Gasteiger partial charge < -0.3 is 0 Å². The number of halogens is 1. The van der Waals surface area contributed by atoms with E-state index in [2.05, 4.69) is 18.8 Å². The van der Waals surface area contributed by atoms with Gasteiger partial charge in [-0.3, -0.25) is 9.78 Å². The van der Waals surface area contributed by atoms with Crippen LogP contribution < -0.4 is 0 Å². The Morgan fingerprint density at radius 3 is 2.82 bits per heavy atom. The van der Waals surface area contributed by atoms with E-state index < -0.39 is 0 Å². The van der Waals surface area contributed by atoms with Crippen molar-refractivity contribution in [2.45, 2.75) is 33.1 Å². The molecule has 0 spiro atoms. The van der Waals surface area contributed by atoms with E-state index in [1.807, 2.05) is 6.07 Å². The Kier molecular flexibility index (Phi) is 3.34. The van der Waals surface area contributed by atoms with Gasteiger partial charge in [-0.25, -0.2) is 0 Å². The average Bonchev–Trinajstić information content (AvgIpc) is 2.18. The SMILES string of the molecule is CC1(C)CC(=O)C=C(Cc2ccncc2Cl)C1. The summed E-state index contributed by atoms with van der Waals surface area (Å²) in [5.41, 5.74) is 2.28. The van der Waals surface area contributed by atoms with Gasteiger partial charge in [-0.2, -0.15) is 0 Å². The van der Waals surface area contributed by atoms with Gasteiger partial charge in [0, 0.05) is 18.8 Å². The number of pyridine rings is 1. The van der Waals surface area contributed by atoms with Crippen LogP contribution in [0.15, 0.2) is 30.1 Å². The lowest BCUT2D eigenvalue weighted by Crippen LogP contribution is -2.22. The summed E-state index contributed by atoms with van der Waals surface area (Å²) in [6, 6.07) is 1.91. The molecule has 17 heavy (non-hydrogen) atoms. The van der Waals surface area contributed by atoms with Crippen molar-refractivity contribution in [3.8, 4) is 0 Å². The number of allylic oxidation sites excluding steroid dienone is 2. The van der Waals surface area contributed by atoms with E-state index in [0.717, 1.165) is 18.4 Å². The van der Waals surface area contributed by atoms with Crippen LogP contribution in [0.2, 0.25) is 5.02 Å². The van der Waals surface area contributed by atoms with Crippen molar-refractivity contribution >= 4 is 17.4 Å². The number of ketones is 1. The molecule has 1 heterocycles. The van der Waals surface area contributed by atoms with Crippen LogP contribution >= 0.6 is 11.6 Å². The van der Waals surface area contributed by atoms with Crippen molar-refractivity contribution in [1.82, 2.24) is 4.98 Å². The smallest absolute Gasteiger partial charge is 0.156 e. The largest absolute Gasteiger partial charge is 0.295 e. The number of nitrogens with zero attached hydrogens (tertiary/aromatic N) is 1. The van der Waals surface area contributed by atoms with Crippen LogP contribution in [-0.2, 0) is 11.2 Å². The Morgan fingerprint density at radius 2 is 2.18 bits per heavy atom. The molecule has 0 fully saturated rings. The molecule has 1 aromatic heterocycles. The molecule has 90 valence electrons. The predicted octanol–water partition coefficient (Wildman–Crippen LogP) is 3.59. The minimum Gasteiger partial charge on any atom is -0.295 e. The summed E-state index contributed by atoms with van der Waals surface area (Å²) >= 11 is 6.08. The molecule has 0 aromatic carbocycles. The van der Waals surface area contributed by atoms with Gasteiger partial charge in [0.1, 0.15) is 0 Å². The van der Waals surface area contributed by atoms with Crippen molar-refractivity contribution < 1.29 is 4.79 Å². The van der Waals surface area contributed by atoms with Gasteiger partial charge in [0.2, 0.25) is 0 Å². The third-order valence-electron chi connectivity index (χ3n) is 3.00. The highest BCUT2D eigenvalue weighted by Crippen LogP contribution is 2.35. The number of hydrogen-bond acceptors (Lipinski definition) is 2. The van der Waals surface area contributed by atoms with E-state index in [9.17, 15) is 4.79 Å². The van der Waals surface area contributed by atoms with Gasteiger partial charge in [0.15, 0.2) is 5.78 Å². The molecular formula is C14H16ClNO. The molecule has 0 bridgehead atoms. The van der Waals surface area contributed by atoms with Crippen LogP contribution in [-0.4, -0.2) is 10.8 Å². The molecule has 0 atom stereocenters. The summed E-state index contributed by atoms with van der Waals surface area (Å²) in [7, 11) is 0. The quantitative estimate of drug-likeness (QED) is 0.802. The molecule has 2 nitrogen and oxygen atoms in total. The van der Waals surface area contributed by atoms with Crippen molar-refractivity contribution in [3.63, 3.8) is 0 Å². The molecule has 0 radical (unpaired) electrons. The maximum absolute atomic E-state index is 11.6. The summed E-state index contributed by atoms with van der Waals surface area (Å²) in [5, 5.41) is 0.671. The highest BCUT2D eigenvalue weighted by Gasteiger charge is 2.27. The van der Waals surface area contributed by atoms with Crippen molar-refractivity contribution in [2.75, 3.05) is 0 Å². The number of rotatable bonds is 2. The molecule has 3 heteroatoms. The highest BCUT2D eigenvalue weighted by atomic mass is 35.5. The molecule has 1 aliphatic carbocycles. The third-order valence-corrected chi connectivity index (χ3v) is 3.34. The van der Waals surface area contributed by atoms with Gasteiger partial charge in [-0.1, -0.05) is 31.0 Å². The molecule has 0 N–H and O–H groups in total. The Labute approximate surface area is 107 Å². The summed E-state index contributed by atoms with van der Waals surface area (Å²) in [5.74, 6) is 0.224. The average molecular weight is 250 g/mol. The van der Waals surface area contributed by atoms with E-state index >= 15 is 0 Å². The normalized spacial score (nSPS) is 19.0. The second kappa shape index (κ2) is 4.61. The zero-order chi connectivity index (χ0) is 12.5. The van der Waals surface area contributed by atoms with Gasteiger partial charge in [0.25, 0.3) is 0 Å². The van der Waals surface area contributed by atoms with E-state index in [-0.39, 0.29) is 11.2 Å². The second-order valence-electron chi connectivity index (χ2n) is 5.43. The topological polar surface area (TPSA) is 30.0 Å². The molecule has 1 aromatic rings. The molecule has 0 aliphatic heterocycles. The standard InChI is InChI=1S/C14H16ClNO/c1-14(2)7-10(6-12(17)8-14)5-11-3-4-16-9-13(11)15/h3-4,6,9H,5,7-8H2,1-2H3. The van der Waals surface area contributed by atoms with E-state index in [4.69, 9.17) is 11.6 Å². The van der Waals surface area contributed by atoms with E-state index in [0.29, 0.717) is 11.4 Å². The summed E-state index contributed by atoms with van der Waals surface area (Å²) in [6.45, 7) is 4.26. The molecule has 0 saturated carbocycles. The van der Waals surface area contributed by atoms with Crippen molar-refractivity contribution in [3.05, 3.63) is 40.7 Å². The zero-order valence-corrected chi connectivity index (χ0v) is 10.9. The molecule has 1 aliphatic rings. The fourth-order valence-electron chi connectivity index (χ4n) is 2.38. The first kappa shape index (κ1) is 12.3. The van der Waals surface area contributed by atoms with Crippen LogP contribution in [0.4, 0.5) is 0 Å². The Balaban J connectivity index is 2.20. The Hall–Kier alpha value is -1.15. The molecule has 0 saturated heterocycles. The zero-order valence-electron chi connectivity index (χ0n) is 10.2. The third kappa shape index (κ3) is 3.16. The van der Waals surface area contributed by atoms with Crippen molar-refractivity contribution in [1.29, 1.82) is 0 Å². The minimum atomic E-state index is 0.0701. The van der Waals surface area contributed by atoms with E-state index in [1.54, 1.807) is 18.5 Å². The fourth-order valence-corrected chi connectivity index (χ4v) is 2.57. The number of carbonyl (C=O) groups excluding carboxylic acids is 1. The Bertz CT molecular complexity index is 477. The molecule has 0 amide bonds. The number of carbonyl (C=O) groups is 1. The maximum atomic E-state index is 11.6. The minimum absolute atomic E-state index is 0.0701. The first-order chi connectivity index (χ1) is 7.96. The summed E-state index contributed by atoms with van der Waals surface area (Å²) in [4.78, 5) is 15.6. The van der Waals surface area contributed by atoms with Gasteiger partial charge in [-0.05, 0) is 36.0 Å². The summed E-state index contributed by atoms with van der Waals surface area (Å²) < 4.78 is 0. The molecule has 2 rings (SSSR count). The van der Waals surface area contributed by atoms with Gasteiger partial charge in [0.05, 0.1) is 5.02 Å². The lowest BCUT2D eigenvalue weighted by Gasteiger charge is -2.29. The van der Waals surface area contributed by atoms with Crippen LogP contribution in [0.1, 0.15) is 32.3 Å². The number of aromatic nitrogens is 1. The lowest BCUT2D eigenvalue weighted by molar-refractivity contribution is -0.117. The summed E-state index contributed by atoms with van der Waals surface area (Å²) in [6.07, 6.45) is 7.50. The van der Waals surface area contributed by atoms with Gasteiger partial charge in [-0.15, -0.1) is 0 Å². The van der Waals surface area contributed by atoms with Crippen LogP contribution in [0.25, 0.3) is 0 Å². The van der Waals surface area contributed by atoms with Crippen LogP contribution in [0.3, 0.4) is 0 Å². The highest BCUT2D eigenvalue weighted by molar-refractivity contribution is 6.31. The fraction of sp³-hybridized carbons (Fsp3) is 0.429. The first-order valence-corrected chi connectivity index (χ1v) is 6.15. The lowest BCUT2D eigenvalue weighted by atomic mass is 9.75.